The summed E-state index contributed by atoms with van der Waals surface area (Å²) in [5.41, 5.74) is 11.5. The van der Waals surface area contributed by atoms with Gasteiger partial charge in [0, 0.05) is 24.5 Å². The number of rotatable bonds is 8. The van der Waals surface area contributed by atoms with E-state index in [1.807, 2.05) is 24.3 Å². The maximum atomic E-state index is 12.4. The first kappa shape index (κ1) is 22.7. The zero-order valence-electron chi connectivity index (χ0n) is 19.3. The van der Waals surface area contributed by atoms with Crippen LogP contribution in [-0.2, 0) is 19.4 Å². The average molecular weight is 446 g/mol. The van der Waals surface area contributed by atoms with Crippen LogP contribution in [-0.4, -0.2) is 38.1 Å². The molecule has 4 rings (SSSR count). The van der Waals surface area contributed by atoms with Crippen LogP contribution in [0.25, 0.3) is 0 Å². The molecule has 0 fully saturated rings. The Morgan fingerprint density at radius 3 is 2.39 bits per heavy atom. The van der Waals surface area contributed by atoms with Crippen molar-refractivity contribution in [3.05, 3.63) is 82.9 Å². The number of aryl methyl sites for hydroxylation is 1. The largest absolute Gasteiger partial charge is 0.493 e. The second-order valence-electron chi connectivity index (χ2n) is 8.34. The predicted octanol–water partition coefficient (Wildman–Crippen LogP) is 4.53. The van der Waals surface area contributed by atoms with Crippen molar-refractivity contribution in [3.8, 4) is 11.5 Å². The first-order valence-corrected chi connectivity index (χ1v) is 11.3. The summed E-state index contributed by atoms with van der Waals surface area (Å²) in [4.78, 5) is 14.9. The maximum absolute atomic E-state index is 12.4. The van der Waals surface area contributed by atoms with Crippen molar-refractivity contribution in [2.24, 2.45) is 0 Å². The number of methoxy groups -OCH3 is 2. The summed E-state index contributed by atoms with van der Waals surface area (Å²) in [7, 11) is 3.36. The van der Waals surface area contributed by atoms with Crippen molar-refractivity contribution in [3.63, 3.8) is 0 Å². The van der Waals surface area contributed by atoms with E-state index in [1.165, 1.54) is 16.7 Å². The number of nitrogens with one attached hydrogen (secondary N) is 1. The monoisotopic (exact) mass is 445 g/mol. The van der Waals surface area contributed by atoms with Gasteiger partial charge in [-0.05, 0) is 78.9 Å². The number of nitrogens with zero attached hydrogens (tertiary/aromatic N) is 1. The molecular formula is C27H31N3O3. The van der Waals surface area contributed by atoms with E-state index in [0.29, 0.717) is 11.3 Å². The quantitative estimate of drug-likeness (QED) is 0.498. The van der Waals surface area contributed by atoms with Gasteiger partial charge >= 0.3 is 0 Å². The van der Waals surface area contributed by atoms with E-state index in [9.17, 15) is 4.79 Å². The molecule has 3 aromatic carbocycles. The topological polar surface area (TPSA) is 76.8 Å². The Balaban J connectivity index is 1.27. The summed E-state index contributed by atoms with van der Waals surface area (Å²) < 4.78 is 10.9. The summed E-state index contributed by atoms with van der Waals surface area (Å²) in [6.45, 7) is 3.03. The van der Waals surface area contributed by atoms with Gasteiger partial charge in [-0.3, -0.25) is 9.69 Å². The molecule has 0 saturated heterocycles. The fraction of sp³-hybridized carbons (Fsp3) is 0.296. The van der Waals surface area contributed by atoms with Gasteiger partial charge in [0.15, 0.2) is 11.5 Å². The average Bonchev–Trinajstić information content (AvgIpc) is 2.84. The number of anilines is 2. The smallest absolute Gasteiger partial charge is 0.257 e. The van der Waals surface area contributed by atoms with Crippen molar-refractivity contribution in [1.29, 1.82) is 0 Å². The molecule has 0 aromatic heterocycles. The normalized spacial score (nSPS) is 13.3. The molecule has 0 spiro atoms. The SMILES string of the molecule is COc1cc2c(cc1OC)CN(CCCc1ccc(NC(=O)c3ccccc3N)cc1)CC2. The second-order valence-corrected chi connectivity index (χ2v) is 8.34. The third-order valence-electron chi connectivity index (χ3n) is 6.15. The molecule has 1 amide bonds. The van der Waals surface area contributed by atoms with E-state index in [0.717, 1.165) is 56.1 Å². The summed E-state index contributed by atoms with van der Waals surface area (Å²) in [5, 5.41) is 2.91. The zero-order valence-corrected chi connectivity index (χ0v) is 19.3. The van der Waals surface area contributed by atoms with E-state index in [4.69, 9.17) is 15.2 Å². The summed E-state index contributed by atoms with van der Waals surface area (Å²) in [5.74, 6) is 1.40. The number of nitrogen functional groups attached to an aromatic ring is 1. The van der Waals surface area contributed by atoms with E-state index in [1.54, 1.807) is 26.4 Å². The van der Waals surface area contributed by atoms with Gasteiger partial charge in [0.25, 0.3) is 5.91 Å². The highest BCUT2D eigenvalue weighted by Crippen LogP contribution is 2.33. The number of hydrogen-bond donors (Lipinski definition) is 2. The number of benzene rings is 3. The molecule has 3 N–H and O–H groups in total. The number of fused-ring (bicyclic) bond motifs is 1. The highest BCUT2D eigenvalue weighted by Gasteiger charge is 2.19. The van der Waals surface area contributed by atoms with Crippen molar-refractivity contribution >= 4 is 17.3 Å². The Labute approximate surface area is 195 Å². The van der Waals surface area contributed by atoms with Gasteiger partial charge in [0.2, 0.25) is 0 Å². The minimum atomic E-state index is -0.194. The maximum Gasteiger partial charge on any atom is 0.257 e. The third kappa shape index (κ3) is 5.46. The van der Waals surface area contributed by atoms with Crippen LogP contribution in [0, 0.1) is 0 Å². The Bertz CT molecular complexity index is 1110. The number of amides is 1. The molecule has 0 unspecified atom stereocenters. The Morgan fingerprint density at radius 1 is 1.00 bits per heavy atom. The lowest BCUT2D eigenvalue weighted by Crippen LogP contribution is -2.31. The van der Waals surface area contributed by atoms with Crippen molar-refractivity contribution in [2.45, 2.75) is 25.8 Å². The van der Waals surface area contributed by atoms with Gasteiger partial charge in [0.05, 0.1) is 19.8 Å². The minimum Gasteiger partial charge on any atom is -0.493 e. The van der Waals surface area contributed by atoms with Crippen LogP contribution in [0.2, 0.25) is 0 Å². The Hall–Kier alpha value is -3.51. The van der Waals surface area contributed by atoms with Crippen molar-refractivity contribution in [1.82, 2.24) is 4.90 Å². The molecule has 1 aliphatic heterocycles. The molecule has 6 nitrogen and oxygen atoms in total. The van der Waals surface area contributed by atoms with Crippen LogP contribution in [0.15, 0.2) is 60.7 Å². The van der Waals surface area contributed by atoms with Crippen molar-refractivity contribution < 1.29 is 14.3 Å². The van der Waals surface area contributed by atoms with Gasteiger partial charge in [0.1, 0.15) is 0 Å². The van der Waals surface area contributed by atoms with Crippen LogP contribution in [0.1, 0.15) is 33.5 Å². The number of carbonyl (C=O) groups excluding carboxylic acids is 1. The molecule has 0 bridgehead atoms. The highest BCUT2D eigenvalue weighted by atomic mass is 16.5. The van der Waals surface area contributed by atoms with Crippen LogP contribution < -0.4 is 20.5 Å². The van der Waals surface area contributed by atoms with E-state index in [2.05, 4.69) is 34.5 Å². The number of ether oxygens (including phenoxy) is 2. The molecular weight excluding hydrogens is 414 g/mol. The molecule has 1 aliphatic rings. The number of nitrogens with two attached hydrogens (primary N) is 1. The van der Waals surface area contributed by atoms with Gasteiger partial charge in [-0.15, -0.1) is 0 Å². The molecule has 172 valence electrons. The fourth-order valence-electron chi connectivity index (χ4n) is 4.30. The standard InChI is InChI=1S/C27H31N3O3/c1-32-25-16-20-13-15-30(18-21(20)17-26(25)33-2)14-5-6-19-9-11-22(12-10-19)29-27(31)23-7-3-4-8-24(23)28/h3-4,7-12,16-17H,5-6,13-15,18,28H2,1-2H3,(H,29,31). The van der Waals surface area contributed by atoms with Gasteiger partial charge in [-0.25, -0.2) is 0 Å². The zero-order chi connectivity index (χ0) is 23.2. The first-order valence-electron chi connectivity index (χ1n) is 11.3. The summed E-state index contributed by atoms with van der Waals surface area (Å²) in [6, 6.07) is 19.3. The Kier molecular flexibility index (Phi) is 7.15. The molecule has 0 atom stereocenters. The summed E-state index contributed by atoms with van der Waals surface area (Å²) >= 11 is 0. The van der Waals surface area contributed by atoms with Crippen LogP contribution in [0.4, 0.5) is 11.4 Å². The van der Waals surface area contributed by atoms with Gasteiger partial charge in [-0.2, -0.15) is 0 Å². The molecule has 6 heteroatoms. The third-order valence-corrected chi connectivity index (χ3v) is 6.15. The predicted molar refractivity (Wildman–Crippen MR) is 132 cm³/mol. The van der Waals surface area contributed by atoms with Crippen LogP contribution in [0.5, 0.6) is 11.5 Å². The molecule has 0 radical (unpaired) electrons. The first-order chi connectivity index (χ1) is 16.1. The number of hydrogen-bond acceptors (Lipinski definition) is 5. The number of para-hydroxylation sites is 1. The van der Waals surface area contributed by atoms with E-state index < -0.39 is 0 Å². The van der Waals surface area contributed by atoms with Gasteiger partial charge < -0.3 is 20.5 Å². The molecule has 0 saturated carbocycles. The minimum absolute atomic E-state index is 0.194. The molecule has 3 aromatic rings. The number of carbonyl (C=O) groups is 1. The molecule has 1 heterocycles. The van der Waals surface area contributed by atoms with E-state index >= 15 is 0 Å². The molecule has 33 heavy (non-hydrogen) atoms. The van der Waals surface area contributed by atoms with Crippen molar-refractivity contribution in [2.75, 3.05) is 38.4 Å². The molecule has 0 aliphatic carbocycles. The van der Waals surface area contributed by atoms with E-state index in [-0.39, 0.29) is 5.91 Å². The lowest BCUT2D eigenvalue weighted by atomic mass is 9.98. The fourth-order valence-corrected chi connectivity index (χ4v) is 4.30. The lowest BCUT2D eigenvalue weighted by Gasteiger charge is -2.29. The highest BCUT2D eigenvalue weighted by molar-refractivity contribution is 6.07. The van der Waals surface area contributed by atoms with Crippen LogP contribution in [0.3, 0.4) is 0 Å². The Morgan fingerprint density at radius 2 is 1.70 bits per heavy atom. The van der Waals surface area contributed by atoms with Gasteiger partial charge in [-0.1, -0.05) is 24.3 Å². The second kappa shape index (κ2) is 10.4. The lowest BCUT2D eigenvalue weighted by molar-refractivity contribution is 0.102. The van der Waals surface area contributed by atoms with Crippen LogP contribution >= 0.6 is 0 Å². The summed E-state index contributed by atoms with van der Waals surface area (Å²) in [6.07, 6.45) is 3.10.